The highest BCUT2D eigenvalue weighted by Crippen LogP contribution is 2.41. The molecular formula is C21H23NO6. The van der Waals surface area contributed by atoms with Crippen LogP contribution in [0.25, 0.3) is 0 Å². The highest BCUT2D eigenvalue weighted by Gasteiger charge is 2.44. The number of nitrogens with zero attached hydrogens (tertiary/aromatic N) is 1. The quantitative estimate of drug-likeness (QED) is 0.682. The summed E-state index contributed by atoms with van der Waals surface area (Å²) in [7, 11) is 4.66. The van der Waals surface area contributed by atoms with Crippen molar-refractivity contribution in [2.45, 2.75) is 18.9 Å². The lowest BCUT2D eigenvalue weighted by atomic mass is 9.85. The second-order valence-corrected chi connectivity index (χ2v) is 6.05. The van der Waals surface area contributed by atoms with Gasteiger partial charge in [-0.15, -0.1) is 0 Å². The molecule has 1 aliphatic rings. The largest absolute Gasteiger partial charge is 0.496 e. The van der Waals surface area contributed by atoms with Crippen molar-refractivity contribution < 1.29 is 28.6 Å². The number of ether oxygens (including phenoxy) is 4. The second kappa shape index (κ2) is 8.65. The van der Waals surface area contributed by atoms with E-state index in [2.05, 4.69) is 5.16 Å². The summed E-state index contributed by atoms with van der Waals surface area (Å²) in [6, 6.07) is 13.0. The Balaban J connectivity index is 2.13. The topological polar surface area (TPSA) is 75.6 Å². The van der Waals surface area contributed by atoms with Crippen LogP contribution >= 0.6 is 0 Å². The average molecular weight is 385 g/mol. The van der Waals surface area contributed by atoms with Gasteiger partial charge in [-0.3, -0.25) is 0 Å². The maximum atomic E-state index is 12.5. The first-order chi connectivity index (χ1) is 13.6. The number of oxime groups is 1. The van der Waals surface area contributed by atoms with Gasteiger partial charge < -0.3 is 23.8 Å². The Morgan fingerprint density at radius 3 is 2.21 bits per heavy atom. The number of esters is 1. The average Bonchev–Trinajstić information content (AvgIpc) is 3.18. The van der Waals surface area contributed by atoms with Crippen LogP contribution in [0.2, 0.25) is 0 Å². The zero-order valence-electron chi connectivity index (χ0n) is 16.3. The van der Waals surface area contributed by atoms with Crippen LogP contribution in [0.5, 0.6) is 17.2 Å². The van der Waals surface area contributed by atoms with Crippen molar-refractivity contribution >= 4 is 11.7 Å². The maximum Gasteiger partial charge on any atom is 0.351 e. The molecule has 0 unspecified atom stereocenters. The van der Waals surface area contributed by atoms with Gasteiger partial charge >= 0.3 is 5.97 Å². The third kappa shape index (κ3) is 3.60. The van der Waals surface area contributed by atoms with Gasteiger partial charge in [-0.1, -0.05) is 35.5 Å². The molecule has 3 rings (SSSR count). The minimum absolute atomic E-state index is 0.255. The van der Waals surface area contributed by atoms with Crippen molar-refractivity contribution in [1.29, 1.82) is 0 Å². The molecule has 0 saturated carbocycles. The molecule has 0 aliphatic carbocycles. The molecule has 7 nitrogen and oxygen atoms in total. The van der Waals surface area contributed by atoms with E-state index < -0.39 is 18.0 Å². The Morgan fingerprint density at radius 1 is 1.04 bits per heavy atom. The molecule has 0 N–H and O–H groups in total. The molecule has 2 aromatic rings. The van der Waals surface area contributed by atoms with Gasteiger partial charge in [0.05, 0.1) is 39.4 Å². The van der Waals surface area contributed by atoms with Crippen LogP contribution in [0, 0.1) is 0 Å². The van der Waals surface area contributed by atoms with Crippen LogP contribution in [0.3, 0.4) is 0 Å². The molecule has 0 fully saturated rings. The van der Waals surface area contributed by atoms with Gasteiger partial charge in [0.1, 0.15) is 23.0 Å². The standard InChI is InChI=1S/C21H23NO6/c1-5-27-21(23)20-17(13-9-7-6-8-10-13)19(22-28-20)18-15(25-3)11-14(24-2)12-16(18)26-4/h6-12,17,20H,5H2,1-4H3/t17-,20-/m1/s1. The zero-order chi connectivity index (χ0) is 20.1. The van der Waals surface area contributed by atoms with Crippen molar-refractivity contribution in [3.63, 3.8) is 0 Å². The van der Waals surface area contributed by atoms with E-state index in [1.54, 1.807) is 40.4 Å². The van der Waals surface area contributed by atoms with Gasteiger partial charge in [0.15, 0.2) is 0 Å². The normalized spacial score (nSPS) is 18.1. The molecule has 148 valence electrons. The van der Waals surface area contributed by atoms with Gasteiger partial charge in [0.2, 0.25) is 6.10 Å². The number of methoxy groups -OCH3 is 3. The lowest BCUT2D eigenvalue weighted by Crippen LogP contribution is -2.31. The van der Waals surface area contributed by atoms with Crippen LogP contribution in [-0.4, -0.2) is 45.7 Å². The number of benzene rings is 2. The molecule has 1 aliphatic heterocycles. The lowest BCUT2D eigenvalue weighted by Gasteiger charge is -2.20. The van der Waals surface area contributed by atoms with Gasteiger partial charge in [-0.25, -0.2) is 4.79 Å². The molecule has 0 amide bonds. The number of carbonyl (C=O) groups is 1. The van der Waals surface area contributed by atoms with Gasteiger partial charge in [0, 0.05) is 12.1 Å². The monoisotopic (exact) mass is 385 g/mol. The van der Waals surface area contributed by atoms with Crippen LogP contribution < -0.4 is 14.2 Å². The SMILES string of the molecule is CCOC(=O)[C@@H]1ON=C(c2c(OC)cc(OC)cc2OC)[C@H]1c1ccccc1. The van der Waals surface area contributed by atoms with E-state index in [4.69, 9.17) is 23.8 Å². The van der Waals surface area contributed by atoms with Crippen molar-refractivity contribution in [2.75, 3.05) is 27.9 Å². The number of rotatable bonds is 7. The fourth-order valence-electron chi connectivity index (χ4n) is 3.23. The maximum absolute atomic E-state index is 12.5. The minimum atomic E-state index is -0.895. The first-order valence-electron chi connectivity index (χ1n) is 8.90. The molecule has 1 heterocycles. The second-order valence-electron chi connectivity index (χ2n) is 6.05. The lowest BCUT2D eigenvalue weighted by molar-refractivity contribution is -0.155. The van der Waals surface area contributed by atoms with E-state index in [1.807, 2.05) is 30.3 Å². The van der Waals surface area contributed by atoms with Crippen LogP contribution in [-0.2, 0) is 14.4 Å². The molecule has 0 aromatic heterocycles. The summed E-state index contributed by atoms with van der Waals surface area (Å²) in [6.45, 7) is 2.01. The molecule has 28 heavy (non-hydrogen) atoms. The number of hydrogen-bond acceptors (Lipinski definition) is 7. The van der Waals surface area contributed by atoms with E-state index in [0.29, 0.717) is 28.5 Å². The van der Waals surface area contributed by atoms with Crippen molar-refractivity contribution in [3.8, 4) is 17.2 Å². The molecule has 0 spiro atoms. The third-order valence-electron chi connectivity index (χ3n) is 4.51. The van der Waals surface area contributed by atoms with E-state index in [1.165, 1.54) is 0 Å². The predicted molar refractivity (Wildman–Crippen MR) is 103 cm³/mol. The molecule has 2 atom stereocenters. The summed E-state index contributed by atoms with van der Waals surface area (Å²) in [4.78, 5) is 18.0. The summed E-state index contributed by atoms with van der Waals surface area (Å²) in [5, 5.41) is 4.24. The van der Waals surface area contributed by atoms with Crippen LogP contribution in [0.1, 0.15) is 24.0 Å². The Morgan fingerprint density at radius 2 is 1.68 bits per heavy atom. The highest BCUT2D eigenvalue weighted by atomic mass is 16.7. The summed E-state index contributed by atoms with van der Waals surface area (Å²) >= 11 is 0. The van der Waals surface area contributed by atoms with Gasteiger partial charge in [-0.2, -0.15) is 0 Å². The highest BCUT2D eigenvalue weighted by molar-refractivity contribution is 6.12. The Bertz CT molecular complexity index is 839. The van der Waals surface area contributed by atoms with Crippen molar-refractivity contribution in [3.05, 3.63) is 53.6 Å². The fourth-order valence-corrected chi connectivity index (χ4v) is 3.23. The van der Waals surface area contributed by atoms with Gasteiger partial charge in [-0.05, 0) is 12.5 Å². The van der Waals surface area contributed by atoms with E-state index in [0.717, 1.165) is 5.56 Å². The predicted octanol–water partition coefficient (Wildman–Crippen LogP) is 3.16. The smallest absolute Gasteiger partial charge is 0.351 e. The van der Waals surface area contributed by atoms with Crippen LogP contribution in [0.4, 0.5) is 0 Å². The van der Waals surface area contributed by atoms with E-state index in [-0.39, 0.29) is 6.61 Å². The fraction of sp³-hybridized carbons (Fsp3) is 0.333. The molecule has 0 saturated heterocycles. The Hall–Kier alpha value is -3.22. The van der Waals surface area contributed by atoms with Crippen molar-refractivity contribution in [1.82, 2.24) is 0 Å². The Labute approximate surface area is 163 Å². The zero-order valence-corrected chi connectivity index (χ0v) is 16.3. The first kappa shape index (κ1) is 19.5. The summed E-state index contributed by atoms with van der Waals surface area (Å²) < 4.78 is 21.6. The molecular weight excluding hydrogens is 362 g/mol. The third-order valence-corrected chi connectivity index (χ3v) is 4.51. The summed E-state index contributed by atoms with van der Waals surface area (Å²) in [6.07, 6.45) is -0.895. The molecule has 2 aromatic carbocycles. The molecule has 0 radical (unpaired) electrons. The minimum Gasteiger partial charge on any atom is -0.496 e. The van der Waals surface area contributed by atoms with E-state index >= 15 is 0 Å². The summed E-state index contributed by atoms with van der Waals surface area (Å²) in [5.74, 6) is 0.640. The van der Waals surface area contributed by atoms with Crippen LogP contribution in [0.15, 0.2) is 47.6 Å². The molecule has 0 bridgehead atoms. The van der Waals surface area contributed by atoms with Gasteiger partial charge in [0.25, 0.3) is 0 Å². The first-order valence-corrected chi connectivity index (χ1v) is 8.90. The number of hydrogen-bond donors (Lipinski definition) is 0. The number of carbonyl (C=O) groups excluding carboxylic acids is 1. The van der Waals surface area contributed by atoms with Crippen molar-refractivity contribution in [2.24, 2.45) is 5.16 Å². The Kier molecular flexibility index (Phi) is 6.03. The summed E-state index contributed by atoms with van der Waals surface area (Å²) in [5.41, 5.74) is 2.00. The van der Waals surface area contributed by atoms with E-state index in [9.17, 15) is 4.79 Å². The molecule has 7 heteroatoms.